The van der Waals surface area contributed by atoms with Crippen LogP contribution in [0.2, 0.25) is 0 Å². The maximum atomic E-state index is 12.9. The number of hydrogen-bond acceptors (Lipinski definition) is 3. The van der Waals surface area contributed by atoms with Crippen LogP contribution in [0.5, 0.6) is 0 Å². The molecule has 0 unspecified atom stereocenters. The molecule has 0 spiro atoms. The molecule has 2 rings (SSSR count). The summed E-state index contributed by atoms with van der Waals surface area (Å²) in [6.07, 6.45) is 3.04. The van der Waals surface area contributed by atoms with Gasteiger partial charge in [0.2, 0.25) is 5.92 Å². The first-order valence-electron chi connectivity index (χ1n) is 5.51. The van der Waals surface area contributed by atoms with Crippen LogP contribution in [0, 0.1) is 0 Å². The summed E-state index contributed by atoms with van der Waals surface area (Å²) in [5, 5.41) is 2.71. The zero-order valence-corrected chi connectivity index (χ0v) is 9.20. The minimum Gasteiger partial charge on any atom is -0.348 e. The number of carbonyl (C=O) groups excluding carboxylic acids is 1. The number of carbonyl (C=O) groups is 1. The number of rotatable bonds is 2. The van der Waals surface area contributed by atoms with Gasteiger partial charge in [-0.2, -0.15) is 0 Å². The highest BCUT2D eigenvalue weighted by Gasteiger charge is 2.35. The Hall–Kier alpha value is -1.59. The molecule has 0 saturated heterocycles. The van der Waals surface area contributed by atoms with Crippen molar-refractivity contribution in [2.75, 3.05) is 0 Å². The lowest BCUT2D eigenvalue weighted by Crippen LogP contribution is -2.40. The van der Waals surface area contributed by atoms with Crippen molar-refractivity contribution in [2.24, 2.45) is 0 Å². The lowest BCUT2D eigenvalue weighted by Gasteiger charge is -2.28. The SMILES string of the molecule is O=C(NC1CCC(F)(F)CC1)c1ccncn1. The van der Waals surface area contributed by atoms with Gasteiger partial charge in [-0.15, -0.1) is 0 Å². The van der Waals surface area contributed by atoms with Gasteiger partial charge < -0.3 is 5.32 Å². The van der Waals surface area contributed by atoms with E-state index in [0.29, 0.717) is 12.8 Å². The van der Waals surface area contributed by atoms with Gasteiger partial charge in [-0.05, 0) is 18.9 Å². The average molecular weight is 241 g/mol. The normalized spacial score (nSPS) is 19.9. The molecule has 0 aliphatic heterocycles. The van der Waals surface area contributed by atoms with Crippen LogP contribution in [0.15, 0.2) is 18.6 Å². The second kappa shape index (κ2) is 4.73. The number of amides is 1. The predicted molar refractivity (Wildman–Crippen MR) is 56.7 cm³/mol. The van der Waals surface area contributed by atoms with Gasteiger partial charge in [0.05, 0.1) is 0 Å². The summed E-state index contributed by atoms with van der Waals surface area (Å²) in [7, 11) is 0. The first kappa shape index (κ1) is 11.9. The maximum absolute atomic E-state index is 12.9. The molecule has 1 aliphatic rings. The monoisotopic (exact) mass is 241 g/mol. The number of nitrogens with one attached hydrogen (secondary N) is 1. The van der Waals surface area contributed by atoms with E-state index in [9.17, 15) is 13.6 Å². The van der Waals surface area contributed by atoms with Gasteiger partial charge in [-0.3, -0.25) is 4.79 Å². The van der Waals surface area contributed by atoms with Gasteiger partial charge in [0, 0.05) is 25.1 Å². The highest BCUT2D eigenvalue weighted by molar-refractivity contribution is 5.92. The molecular weight excluding hydrogens is 228 g/mol. The first-order chi connectivity index (χ1) is 8.07. The zero-order chi connectivity index (χ0) is 12.3. The summed E-state index contributed by atoms with van der Waals surface area (Å²) < 4.78 is 25.8. The van der Waals surface area contributed by atoms with Gasteiger partial charge in [0.15, 0.2) is 0 Å². The van der Waals surface area contributed by atoms with Crippen LogP contribution < -0.4 is 5.32 Å². The van der Waals surface area contributed by atoms with Crippen LogP contribution in [0.1, 0.15) is 36.2 Å². The van der Waals surface area contributed by atoms with E-state index in [2.05, 4.69) is 15.3 Å². The van der Waals surface area contributed by atoms with Crippen molar-refractivity contribution < 1.29 is 13.6 Å². The fraction of sp³-hybridized carbons (Fsp3) is 0.545. The van der Waals surface area contributed by atoms with Crippen LogP contribution in [0.25, 0.3) is 0 Å². The highest BCUT2D eigenvalue weighted by atomic mass is 19.3. The van der Waals surface area contributed by atoms with E-state index < -0.39 is 5.92 Å². The molecular formula is C11H13F2N3O. The largest absolute Gasteiger partial charge is 0.348 e. The Morgan fingerprint density at radius 2 is 2.12 bits per heavy atom. The van der Waals surface area contributed by atoms with Gasteiger partial charge in [-0.1, -0.05) is 0 Å². The number of alkyl halides is 2. The fourth-order valence-electron chi connectivity index (χ4n) is 1.87. The third-order valence-electron chi connectivity index (χ3n) is 2.87. The second-order valence-electron chi connectivity index (χ2n) is 4.20. The highest BCUT2D eigenvalue weighted by Crippen LogP contribution is 2.32. The van der Waals surface area contributed by atoms with Gasteiger partial charge in [0.25, 0.3) is 5.91 Å². The summed E-state index contributed by atoms with van der Waals surface area (Å²) in [6, 6.07) is 1.31. The van der Waals surface area contributed by atoms with E-state index in [-0.39, 0.29) is 30.5 Å². The number of nitrogens with zero attached hydrogens (tertiary/aromatic N) is 2. The van der Waals surface area contributed by atoms with Crippen molar-refractivity contribution in [3.05, 3.63) is 24.3 Å². The Labute approximate surface area is 97.5 Å². The predicted octanol–water partition coefficient (Wildman–Crippen LogP) is 1.78. The van der Waals surface area contributed by atoms with E-state index in [4.69, 9.17) is 0 Å². The van der Waals surface area contributed by atoms with Crippen molar-refractivity contribution in [2.45, 2.75) is 37.6 Å². The molecule has 1 fully saturated rings. The molecule has 17 heavy (non-hydrogen) atoms. The summed E-state index contributed by atoms with van der Waals surface area (Å²) in [5.74, 6) is -2.90. The molecule has 92 valence electrons. The molecule has 1 N–H and O–H groups in total. The van der Waals surface area contributed by atoms with Crippen LogP contribution in [-0.4, -0.2) is 27.8 Å². The molecule has 4 nitrogen and oxygen atoms in total. The molecule has 6 heteroatoms. The minimum atomic E-state index is -2.57. The van der Waals surface area contributed by atoms with Crippen LogP contribution in [0.4, 0.5) is 8.78 Å². The molecule has 0 aromatic carbocycles. The van der Waals surface area contributed by atoms with E-state index in [1.165, 1.54) is 18.6 Å². The Balaban J connectivity index is 1.89. The molecule has 0 bridgehead atoms. The van der Waals surface area contributed by atoms with Crippen LogP contribution >= 0.6 is 0 Å². The smallest absolute Gasteiger partial charge is 0.270 e. The standard InChI is InChI=1S/C11H13F2N3O/c12-11(13)4-1-8(2-5-11)16-10(17)9-3-6-14-7-15-9/h3,6-8H,1-2,4-5H2,(H,16,17). The lowest BCUT2D eigenvalue weighted by molar-refractivity contribution is -0.0399. The van der Waals surface area contributed by atoms with Crippen molar-refractivity contribution in [3.63, 3.8) is 0 Å². The number of aromatic nitrogens is 2. The fourth-order valence-corrected chi connectivity index (χ4v) is 1.87. The van der Waals surface area contributed by atoms with Gasteiger partial charge in [0.1, 0.15) is 12.0 Å². The van der Waals surface area contributed by atoms with E-state index in [1.54, 1.807) is 0 Å². The van der Waals surface area contributed by atoms with E-state index >= 15 is 0 Å². The molecule has 0 atom stereocenters. The van der Waals surface area contributed by atoms with E-state index in [1.807, 2.05) is 0 Å². The maximum Gasteiger partial charge on any atom is 0.270 e. The van der Waals surface area contributed by atoms with Gasteiger partial charge >= 0.3 is 0 Å². The number of halogens is 2. The van der Waals surface area contributed by atoms with Gasteiger partial charge in [-0.25, -0.2) is 18.7 Å². The Kier molecular flexibility index (Phi) is 3.31. The molecule has 1 aromatic heterocycles. The summed E-state index contributed by atoms with van der Waals surface area (Å²) in [5.41, 5.74) is 0.261. The lowest BCUT2D eigenvalue weighted by atomic mass is 9.92. The van der Waals surface area contributed by atoms with Crippen molar-refractivity contribution >= 4 is 5.91 Å². The Morgan fingerprint density at radius 1 is 1.41 bits per heavy atom. The third kappa shape index (κ3) is 3.18. The summed E-state index contributed by atoms with van der Waals surface area (Å²) in [4.78, 5) is 19.2. The van der Waals surface area contributed by atoms with Crippen molar-refractivity contribution in [3.8, 4) is 0 Å². The van der Waals surface area contributed by atoms with Crippen LogP contribution in [0.3, 0.4) is 0 Å². The van der Waals surface area contributed by atoms with Crippen LogP contribution in [-0.2, 0) is 0 Å². The third-order valence-corrected chi connectivity index (χ3v) is 2.87. The first-order valence-corrected chi connectivity index (χ1v) is 5.51. The quantitative estimate of drug-likeness (QED) is 0.858. The number of hydrogen-bond donors (Lipinski definition) is 1. The zero-order valence-electron chi connectivity index (χ0n) is 9.20. The van der Waals surface area contributed by atoms with E-state index in [0.717, 1.165) is 0 Å². The molecule has 1 saturated carbocycles. The second-order valence-corrected chi connectivity index (χ2v) is 4.20. The molecule has 1 heterocycles. The molecule has 0 radical (unpaired) electrons. The Bertz CT molecular complexity index is 387. The minimum absolute atomic E-state index is 0.165. The molecule has 1 aromatic rings. The molecule has 1 amide bonds. The topological polar surface area (TPSA) is 54.9 Å². The molecule has 1 aliphatic carbocycles. The Morgan fingerprint density at radius 3 is 2.71 bits per heavy atom. The summed E-state index contributed by atoms with van der Waals surface area (Å²) in [6.45, 7) is 0. The van der Waals surface area contributed by atoms with Crippen molar-refractivity contribution in [1.82, 2.24) is 15.3 Å². The van der Waals surface area contributed by atoms with Crippen molar-refractivity contribution in [1.29, 1.82) is 0 Å². The average Bonchev–Trinajstić information content (AvgIpc) is 2.33. The summed E-state index contributed by atoms with van der Waals surface area (Å²) >= 11 is 0.